The molecule has 1 amide bonds. The van der Waals surface area contributed by atoms with Crippen molar-refractivity contribution in [2.24, 2.45) is 5.73 Å². The molecule has 0 aliphatic carbocycles. The molecule has 0 aromatic carbocycles. The largest absolute Gasteiger partial charge is 0.341 e. The summed E-state index contributed by atoms with van der Waals surface area (Å²) in [5, 5.41) is 0. The third-order valence-corrected chi connectivity index (χ3v) is 4.51. The van der Waals surface area contributed by atoms with E-state index in [0.717, 1.165) is 36.1 Å². The summed E-state index contributed by atoms with van der Waals surface area (Å²) in [7, 11) is 0. The fraction of sp³-hybridized carbons (Fsp3) is 0.545. The van der Waals surface area contributed by atoms with Crippen LogP contribution in [0.1, 0.15) is 17.7 Å². The average molecular weight is 303 g/mol. The number of halogens is 1. The van der Waals surface area contributed by atoms with Crippen LogP contribution in [0.4, 0.5) is 0 Å². The molecule has 1 aromatic rings. The number of thiophene rings is 1. The van der Waals surface area contributed by atoms with E-state index in [-0.39, 0.29) is 11.9 Å². The minimum Gasteiger partial charge on any atom is -0.341 e. The highest BCUT2D eigenvalue weighted by molar-refractivity contribution is 9.11. The van der Waals surface area contributed by atoms with Gasteiger partial charge in [-0.1, -0.05) is 0 Å². The molecule has 1 aromatic heterocycles. The van der Waals surface area contributed by atoms with Crippen LogP contribution in [0, 0.1) is 0 Å². The van der Waals surface area contributed by atoms with Crippen molar-refractivity contribution in [3.05, 3.63) is 20.8 Å². The standard InChI is InChI=1S/C11H15BrN2OS/c12-10-4-3-8(16-10)5-7-14-6-1-2-9(13)11(14)15/h3-4,9H,1-2,5-7,13H2. The molecule has 3 nitrogen and oxygen atoms in total. The van der Waals surface area contributed by atoms with Gasteiger partial charge in [-0.3, -0.25) is 4.79 Å². The molecular formula is C11H15BrN2OS. The zero-order valence-corrected chi connectivity index (χ0v) is 11.4. The summed E-state index contributed by atoms with van der Waals surface area (Å²) >= 11 is 5.16. The van der Waals surface area contributed by atoms with Crippen molar-refractivity contribution < 1.29 is 4.79 Å². The van der Waals surface area contributed by atoms with Gasteiger partial charge < -0.3 is 10.6 Å². The predicted molar refractivity (Wildman–Crippen MR) is 69.5 cm³/mol. The lowest BCUT2D eigenvalue weighted by Crippen LogP contribution is -2.48. The summed E-state index contributed by atoms with van der Waals surface area (Å²) in [6.45, 7) is 1.65. The van der Waals surface area contributed by atoms with Crippen molar-refractivity contribution in [1.82, 2.24) is 4.90 Å². The van der Waals surface area contributed by atoms with Gasteiger partial charge in [-0.25, -0.2) is 0 Å². The van der Waals surface area contributed by atoms with Crippen LogP contribution in [0.15, 0.2) is 15.9 Å². The Kier molecular flexibility index (Phi) is 4.00. The second-order valence-corrected chi connectivity index (χ2v) is 6.58. The molecule has 0 radical (unpaired) electrons. The van der Waals surface area contributed by atoms with Crippen molar-refractivity contribution in [3.8, 4) is 0 Å². The average Bonchev–Trinajstić information content (AvgIpc) is 2.67. The number of hydrogen-bond acceptors (Lipinski definition) is 3. The van der Waals surface area contributed by atoms with E-state index >= 15 is 0 Å². The Bertz CT molecular complexity index is 380. The van der Waals surface area contributed by atoms with Gasteiger partial charge in [-0.2, -0.15) is 0 Å². The number of hydrogen-bond donors (Lipinski definition) is 1. The van der Waals surface area contributed by atoms with E-state index in [1.54, 1.807) is 11.3 Å². The van der Waals surface area contributed by atoms with Crippen molar-refractivity contribution >= 4 is 33.2 Å². The van der Waals surface area contributed by atoms with Crippen molar-refractivity contribution in [1.29, 1.82) is 0 Å². The first-order valence-electron chi connectivity index (χ1n) is 5.45. The van der Waals surface area contributed by atoms with Gasteiger partial charge >= 0.3 is 0 Å². The molecule has 1 atom stereocenters. The molecule has 1 saturated heterocycles. The minimum absolute atomic E-state index is 0.113. The Morgan fingerprint density at radius 3 is 3.06 bits per heavy atom. The van der Waals surface area contributed by atoms with Crippen LogP contribution < -0.4 is 5.73 Å². The van der Waals surface area contributed by atoms with E-state index in [1.165, 1.54) is 4.88 Å². The van der Waals surface area contributed by atoms with Gasteiger partial charge in [0.2, 0.25) is 5.91 Å². The Labute approximate surface area is 108 Å². The zero-order valence-electron chi connectivity index (χ0n) is 8.99. The van der Waals surface area contributed by atoms with Crippen molar-refractivity contribution in [3.63, 3.8) is 0 Å². The first-order valence-corrected chi connectivity index (χ1v) is 7.06. The molecule has 1 aliphatic heterocycles. The monoisotopic (exact) mass is 302 g/mol. The molecule has 2 heterocycles. The van der Waals surface area contributed by atoms with Crippen molar-refractivity contribution in [2.75, 3.05) is 13.1 Å². The van der Waals surface area contributed by atoms with E-state index in [0.29, 0.717) is 0 Å². The lowest BCUT2D eigenvalue weighted by molar-refractivity contribution is -0.134. The molecule has 2 rings (SSSR count). The fourth-order valence-electron chi connectivity index (χ4n) is 1.92. The van der Waals surface area contributed by atoms with Gasteiger partial charge in [0.05, 0.1) is 9.83 Å². The maximum atomic E-state index is 11.7. The highest BCUT2D eigenvalue weighted by Crippen LogP contribution is 2.23. The number of carbonyl (C=O) groups is 1. The van der Waals surface area contributed by atoms with Crippen LogP contribution in [-0.2, 0) is 11.2 Å². The molecule has 1 fully saturated rings. The summed E-state index contributed by atoms with van der Waals surface area (Å²) < 4.78 is 1.14. The maximum Gasteiger partial charge on any atom is 0.239 e. The molecular weight excluding hydrogens is 288 g/mol. The van der Waals surface area contributed by atoms with Crippen LogP contribution >= 0.6 is 27.3 Å². The summed E-state index contributed by atoms with van der Waals surface area (Å²) in [4.78, 5) is 14.9. The highest BCUT2D eigenvalue weighted by atomic mass is 79.9. The molecule has 0 bridgehead atoms. The summed E-state index contributed by atoms with van der Waals surface area (Å²) in [6, 6.07) is 3.87. The second kappa shape index (κ2) is 5.29. The third kappa shape index (κ3) is 2.84. The maximum absolute atomic E-state index is 11.7. The smallest absolute Gasteiger partial charge is 0.239 e. The predicted octanol–water partition coefficient (Wildman–Crippen LogP) is 2.00. The topological polar surface area (TPSA) is 46.3 Å². The van der Waals surface area contributed by atoms with E-state index in [1.807, 2.05) is 11.0 Å². The number of rotatable bonds is 3. The highest BCUT2D eigenvalue weighted by Gasteiger charge is 2.24. The van der Waals surface area contributed by atoms with Gasteiger partial charge in [-0.15, -0.1) is 11.3 Å². The Morgan fingerprint density at radius 2 is 2.38 bits per heavy atom. The van der Waals surface area contributed by atoms with Crippen molar-refractivity contribution in [2.45, 2.75) is 25.3 Å². The Hall–Kier alpha value is -0.390. The second-order valence-electron chi connectivity index (χ2n) is 4.03. The van der Waals surface area contributed by atoms with Gasteiger partial charge in [0.15, 0.2) is 0 Å². The quantitative estimate of drug-likeness (QED) is 0.928. The van der Waals surface area contributed by atoms with Gasteiger partial charge in [0.1, 0.15) is 0 Å². The molecule has 1 aliphatic rings. The van der Waals surface area contributed by atoms with Crippen LogP contribution in [0.25, 0.3) is 0 Å². The first-order chi connectivity index (χ1) is 7.66. The Balaban J connectivity index is 1.87. The van der Waals surface area contributed by atoms with Crippen LogP contribution in [0.2, 0.25) is 0 Å². The number of amides is 1. The molecule has 16 heavy (non-hydrogen) atoms. The van der Waals surface area contributed by atoms with E-state index in [9.17, 15) is 4.79 Å². The van der Waals surface area contributed by atoms with Gasteiger partial charge in [0, 0.05) is 18.0 Å². The van der Waals surface area contributed by atoms with E-state index < -0.39 is 0 Å². The van der Waals surface area contributed by atoms with E-state index in [4.69, 9.17) is 5.73 Å². The molecule has 88 valence electrons. The summed E-state index contributed by atoms with van der Waals surface area (Å²) in [5.74, 6) is 0.113. The van der Waals surface area contributed by atoms with Crippen LogP contribution in [0.3, 0.4) is 0 Å². The molecule has 0 saturated carbocycles. The SMILES string of the molecule is NC1CCCN(CCc2ccc(Br)s2)C1=O. The Morgan fingerprint density at radius 1 is 1.56 bits per heavy atom. The van der Waals surface area contributed by atoms with Gasteiger partial charge in [0.25, 0.3) is 0 Å². The number of nitrogens with two attached hydrogens (primary N) is 1. The zero-order chi connectivity index (χ0) is 11.5. The number of nitrogens with zero attached hydrogens (tertiary/aromatic N) is 1. The molecule has 5 heteroatoms. The van der Waals surface area contributed by atoms with E-state index in [2.05, 4.69) is 22.0 Å². The summed E-state index contributed by atoms with van der Waals surface area (Å²) in [6.07, 6.45) is 2.79. The third-order valence-electron chi connectivity index (χ3n) is 2.83. The fourth-order valence-corrected chi connectivity index (χ4v) is 3.40. The lowest BCUT2D eigenvalue weighted by atomic mass is 10.1. The number of likely N-dealkylation sites (tertiary alicyclic amines) is 1. The molecule has 2 N–H and O–H groups in total. The van der Waals surface area contributed by atoms with Crippen LogP contribution in [0.5, 0.6) is 0 Å². The number of carbonyl (C=O) groups excluding carboxylic acids is 1. The minimum atomic E-state index is -0.274. The first kappa shape index (κ1) is 12.1. The molecule has 0 spiro atoms. The van der Waals surface area contributed by atoms with Crippen LogP contribution in [-0.4, -0.2) is 29.9 Å². The normalized spacial score (nSPS) is 21.5. The lowest BCUT2D eigenvalue weighted by Gasteiger charge is -2.30. The number of piperidine rings is 1. The summed E-state index contributed by atoms with van der Waals surface area (Å²) in [5.41, 5.74) is 5.75. The van der Waals surface area contributed by atoms with Gasteiger partial charge in [-0.05, 0) is 47.3 Å². The molecule has 1 unspecified atom stereocenters.